The summed E-state index contributed by atoms with van der Waals surface area (Å²) in [5, 5.41) is 3.41. The van der Waals surface area contributed by atoms with Gasteiger partial charge in [0.25, 0.3) is 0 Å². The number of amidine groups is 1. The molecule has 1 aromatic carbocycles. The van der Waals surface area contributed by atoms with Crippen molar-refractivity contribution in [2.24, 2.45) is 10.9 Å². The summed E-state index contributed by atoms with van der Waals surface area (Å²) < 4.78 is 0. The van der Waals surface area contributed by atoms with Gasteiger partial charge >= 0.3 is 5.97 Å². The molecule has 0 saturated heterocycles. The van der Waals surface area contributed by atoms with Crippen molar-refractivity contribution in [1.82, 2.24) is 0 Å². The Morgan fingerprint density at radius 1 is 1.56 bits per heavy atom. The minimum atomic E-state index is -0.899. The van der Waals surface area contributed by atoms with E-state index in [0.29, 0.717) is 11.3 Å². The lowest BCUT2D eigenvalue weighted by molar-refractivity contribution is -0.136. The van der Waals surface area contributed by atoms with Crippen LogP contribution in [-0.4, -0.2) is 11.8 Å². The molecule has 0 heterocycles. The van der Waals surface area contributed by atoms with Gasteiger partial charge in [-0.05, 0) is 18.6 Å². The molecule has 0 aliphatic carbocycles. The van der Waals surface area contributed by atoms with Crippen molar-refractivity contribution in [1.29, 1.82) is 0 Å². The fourth-order valence-electron chi connectivity index (χ4n) is 1.10. The number of rotatable bonds is 2. The minimum Gasteiger partial charge on any atom is -0.398 e. The van der Waals surface area contributed by atoms with Crippen LogP contribution < -0.4 is 11.5 Å². The van der Waals surface area contributed by atoms with Crippen LogP contribution >= 0.6 is 0 Å². The minimum absolute atomic E-state index is 0.0494. The van der Waals surface area contributed by atoms with E-state index in [-0.39, 0.29) is 5.84 Å². The third-order valence-corrected chi connectivity index (χ3v) is 2.00. The molecular formula is C11H11N3O2. The number of nitrogen functional groups attached to an aromatic ring is 1. The lowest BCUT2D eigenvalue weighted by Crippen LogP contribution is -2.16. The third-order valence-electron chi connectivity index (χ3n) is 2.00. The second-order valence-electron chi connectivity index (χ2n) is 3.02. The van der Waals surface area contributed by atoms with Gasteiger partial charge in [0, 0.05) is 17.2 Å². The van der Waals surface area contributed by atoms with Crippen molar-refractivity contribution in [3.63, 3.8) is 0 Å². The quantitative estimate of drug-likeness (QED) is 0.187. The van der Waals surface area contributed by atoms with Gasteiger partial charge in [-0.2, -0.15) is 0 Å². The van der Waals surface area contributed by atoms with Crippen molar-refractivity contribution >= 4 is 17.5 Å². The Labute approximate surface area is 93.1 Å². The summed E-state index contributed by atoms with van der Waals surface area (Å²) in [6, 6.07) is 5.18. The predicted molar refractivity (Wildman–Crippen MR) is 61.2 cm³/mol. The maximum absolute atomic E-state index is 10.7. The Bertz CT molecular complexity index is 486. The molecule has 0 unspecified atom stereocenters. The molecule has 0 radical (unpaired) electrons. The molecule has 5 nitrogen and oxygen atoms in total. The van der Waals surface area contributed by atoms with E-state index in [4.69, 9.17) is 17.9 Å². The fraction of sp³-hybridized carbons (Fsp3) is 0.0909. The molecule has 1 rings (SSSR count). The van der Waals surface area contributed by atoms with Gasteiger partial charge in [0.15, 0.2) is 5.84 Å². The lowest BCUT2D eigenvalue weighted by Gasteiger charge is -2.06. The standard InChI is InChI=1S/C11H11N3O2/c1-3-10(15)16-14-11(13)8-5-4-6-9(12)7(8)2/h1,4-6H,12H2,2H3,(H2,13,14). The number of anilines is 1. The number of nitrogens with zero attached hydrogens (tertiary/aromatic N) is 1. The molecule has 0 fully saturated rings. The van der Waals surface area contributed by atoms with Crippen molar-refractivity contribution in [2.45, 2.75) is 6.92 Å². The highest BCUT2D eigenvalue weighted by Gasteiger charge is 2.06. The highest BCUT2D eigenvalue weighted by molar-refractivity contribution is 6.00. The summed E-state index contributed by atoms with van der Waals surface area (Å²) in [6.45, 7) is 1.79. The molecule has 1 aromatic rings. The second kappa shape index (κ2) is 4.84. The SMILES string of the molecule is C#CC(=O)O/N=C(\N)c1cccc(N)c1C. The molecular weight excluding hydrogens is 206 g/mol. The van der Waals surface area contributed by atoms with Crippen molar-refractivity contribution < 1.29 is 9.63 Å². The average molecular weight is 217 g/mol. The first-order valence-corrected chi connectivity index (χ1v) is 4.42. The first-order valence-electron chi connectivity index (χ1n) is 4.42. The summed E-state index contributed by atoms with van der Waals surface area (Å²) in [6.07, 6.45) is 4.80. The Balaban J connectivity index is 2.97. The number of terminal acetylenes is 1. The maximum atomic E-state index is 10.7. The van der Waals surface area contributed by atoms with Crippen LogP contribution in [0.25, 0.3) is 0 Å². The van der Waals surface area contributed by atoms with E-state index in [1.54, 1.807) is 31.0 Å². The third kappa shape index (κ3) is 2.51. The van der Waals surface area contributed by atoms with Gasteiger partial charge in [-0.1, -0.05) is 17.3 Å². The van der Waals surface area contributed by atoms with E-state index in [2.05, 4.69) is 9.99 Å². The van der Waals surface area contributed by atoms with Gasteiger partial charge in [0.2, 0.25) is 0 Å². The summed E-state index contributed by atoms with van der Waals surface area (Å²) in [5.74, 6) is 0.900. The van der Waals surface area contributed by atoms with Gasteiger partial charge < -0.3 is 16.3 Å². The normalized spacial score (nSPS) is 10.6. The number of hydrogen-bond acceptors (Lipinski definition) is 4. The molecule has 0 atom stereocenters. The fourth-order valence-corrected chi connectivity index (χ4v) is 1.10. The number of benzene rings is 1. The first-order chi connectivity index (χ1) is 7.56. The first kappa shape index (κ1) is 11.6. The Morgan fingerprint density at radius 3 is 2.88 bits per heavy atom. The number of hydrogen-bond donors (Lipinski definition) is 2. The van der Waals surface area contributed by atoms with Crippen LogP contribution in [0, 0.1) is 19.3 Å². The monoisotopic (exact) mass is 217 g/mol. The van der Waals surface area contributed by atoms with Crippen molar-refractivity contribution in [3.05, 3.63) is 29.3 Å². The van der Waals surface area contributed by atoms with Crippen LogP contribution in [0.2, 0.25) is 0 Å². The molecule has 4 N–H and O–H groups in total. The van der Waals surface area contributed by atoms with E-state index in [1.807, 2.05) is 0 Å². The zero-order valence-corrected chi connectivity index (χ0v) is 8.73. The van der Waals surface area contributed by atoms with Crippen LogP contribution in [0.5, 0.6) is 0 Å². The van der Waals surface area contributed by atoms with Crippen LogP contribution in [0.3, 0.4) is 0 Å². The Morgan fingerprint density at radius 2 is 2.25 bits per heavy atom. The molecule has 0 aliphatic heterocycles. The van der Waals surface area contributed by atoms with E-state index >= 15 is 0 Å². The zero-order chi connectivity index (χ0) is 12.1. The summed E-state index contributed by atoms with van der Waals surface area (Å²) in [7, 11) is 0. The van der Waals surface area contributed by atoms with Crippen LogP contribution in [0.4, 0.5) is 5.69 Å². The molecule has 0 aromatic heterocycles. The zero-order valence-electron chi connectivity index (χ0n) is 8.73. The van der Waals surface area contributed by atoms with Crippen LogP contribution in [0.15, 0.2) is 23.4 Å². The van der Waals surface area contributed by atoms with Gasteiger partial charge in [-0.25, -0.2) is 4.79 Å². The predicted octanol–water partition coefficient (Wildman–Crippen LogP) is 0.374. The summed E-state index contributed by atoms with van der Waals surface area (Å²) >= 11 is 0. The maximum Gasteiger partial charge on any atom is 0.410 e. The van der Waals surface area contributed by atoms with E-state index < -0.39 is 5.97 Å². The van der Waals surface area contributed by atoms with E-state index in [9.17, 15) is 4.79 Å². The highest BCUT2D eigenvalue weighted by atomic mass is 16.7. The number of carbonyl (C=O) groups excluding carboxylic acids is 1. The Hall–Kier alpha value is -2.48. The molecule has 0 amide bonds. The van der Waals surface area contributed by atoms with Gasteiger partial charge in [-0.3, -0.25) is 0 Å². The van der Waals surface area contributed by atoms with Gasteiger partial charge in [0.1, 0.15) is 0 Å². The summed E-state index contributed by atoms with van der Waals surface area (Å²) in [5.41, 5.74) is 13.3. The molecule has 0 saturated carbocycles. The number of carbonyl (C=O) groups is 1. The lowest BCUT2D eigenvalue weighted by atomic mass is 10.1. The van der Waals surface area contributed by atoms with Gasteiger partial charge in [0.05, 0.1) is 0 Å². The molecule has 5 heteroatoms. The van der Waals surface area contributed by atoms with E-state index in [1.165, 1.54) is 0 Å². The molecule has 16 heavy (non-hydrogen) atoms. The average Bonchev–Trinajstić information content (AvgIpc) is 2.29. The number of nitrogens with two attached hydrogens (primary N) is 2. The highest BCUT2D eigenvalue weighted by Crippen LogP contribution is 2.14. The van der Waals surface area contributed by atoms with Gasteiger partial charge in [-0.15, -0.1) is 6.42 Å². The largest absolute Gasteiger partial charge is 0.410 e. The van der Waals surface area contributed by atoms with Crippen LogP contribution in [-0.2, 0) is 9.63 Å². The molecule has 0 bridgehead atoms. The second-order valence-corrected chi connectivity index (χ2v) is 3.02. The molecule has 0 spiro atoms. The summed E-state index contributed by atoms with van der Waals surface area (Å²) in [4.78, 5) is 15.0. The van der Waals surface area contributed by atoms with Crippen molar-refractivity contribution in [3.8, 4) is 12.3 Å². The molecule has 82 valence electrons. The Kier molecular flexibility index (Phi) is 3.51. The smallest absolute Gasteiger partial charge is 0.398 e. The molecule has 0 aliphatic rings. The number of oxime groups is 1. The van der Waals surface area contributed by atoms with Crippen molar-refractivity contribution in [2.75, 3.05) is 5.73 Å². The van der Waals surface area contributed by atoms with Crippen LogP contribution in [0.1, 0.15) is 11.1 Å². The topological polar surface area (TPSA) is 90.7 Å². The van der Waals surface area contributed by atoms with E-state index in [0.717, 1.165) is 5.56 Å².